The summed E-state index contributed by atoms with van der Waals surface area (Å²) in [4.78, 5) is 2.23. The molecule has 0 heterocycles. The number of aliphatic hydroxyl groups is 1. The molecule has 0 saturated carbocycles. The summed E-state index contributed by atoms with van der Waals surface area (Å²) in [6, 6.07) is 21.3. The summed E-state index contributed by atoms with van der Waals surface area (Å²) in [6.07, 6.45) is 1.18. The van der Waals surface area contributed by atoms with Crippen molar-refractivity contribution in [3.05, 3.63) is 71.8 Å². The molecule has 2 aromatic carbocycles. The molecule has 0 saturated heterocycles. The minimum atomic E-state index is -0.422. The van der Waals surface area contributed by atoms with E-state index >= 15 is 0 Å². The maximum Gasteiger partial charge on any atom is 0.0675 e. The van der Waals surface area contributed by atoms with Crippen LogP contribution in [0, 0.1) is 0 Å². The normalized spacial score (nSPS) is 14.1. The Morgan fingerprint density at radius 3 is 1.67 bits per heavy atom. The molecule has 24 heavy (non-hydrogen) atoms. The lowest BCUT2D eigenvalue weighted by atomic mass is 9.66. The van der Waals surface area contributed by atoms with E-state index in [1.54, 1.807) is 0 Å². The van der Waals surface area contributed by atoms with E-state index in [1.807, 2.05) is 12.1 Å². The number of aliphatic hydroxyl groups excluding tert-OH is 1. The second kappa shape index (κ2) is 9.22. The van der Waals surface area contributed by atoms with Gasteiger partial charge in [-0.3, -0.25) is 0 Å². The molecule has 2 aromatic rings. The van der Waals surface area contributed by atoms with E-state index in [0.717, 1.165) is 12.8 Å². The minimum Gasteiger partial charge on any atom is -0.392 e. The third-order valence-corrected chi connectivity index (χ3v) is 5.03. The van der Waals surface area contributed by atoms with Crippen molar-refractivity contribution in [3.63, 3.8) is 0 Å². The molecule has 0 spiro atoms. The van der Waals surface area contributed by atoms with Gasteiger partial charge in [-0.15, -0.1) is 12.4 Å². The highest BCUT2D eigenvalue weighted by Gasteiger charge is 2.41. The lowest BCUT2D eigenvalue weighted by Crippen LogP contribution is -2.45. The standard InChI is InChI=1S/C21H29NO.ClH/c1-5-20(23)21(16-17(2)22(3)4,18-12-8-6-9-13-18)19-14-10-7-11-15-19;/h6-15,17,20,23H,5,16H2,1-4H3;1H/t17-,20-;/m1./s1. The van der Waals surface area contributed by atoms with Crippen LogP contribution in [0.4, 0.5) is 0 Å². The zero-order chi connectivity index (χ0) is 16.9. The molecule has 1 N–H and O–H groups in total. The van der Waals surface area contributed by atoms with Crippen molar-refractivity contribution >= 4 is 12.4 Å². The fourth-order valence-electron chi connectivity index (χ4n) is 3.39. The van der Waals surface area contributed by atoms with Gasteiger partial charge in [0.15, 0.2) is 0 Å². The van der Waals surface area contributed by atoms with Gasteiger partial charge in [-0.2, -0.15) is 0 Å². The predicted octanol–water partition coefficient (Wildman–Crippen LogP) is 4.51. The zero-order valence-electron chi connectivity index (χ0n) is 15.1. The van der Waals surface area contributed by atoms with Crippen LogP contribution in [0.1, 0.15) is 37.8 Å². The molecule has 0 fully saturated rings. The second-order valence-corrected chi connectivity index (χ2v) is 6.64. The lowest BCUT2D eigenvalue weighted by Gasteiger charge is -2.42. The Hall–Kier alpha value is -1.35. The van der Waals surface area contributed by atoms with Crippen molar-refractivity contribution in [1.29, 1.82) is 0 Å². The summed E-state index contributed by atoms with van der Waals surface area (Å²) in [7, 11) is 4.20. The summed E-state index contributed by atoms with van der Waals surface area (Å²) in [5.41, 5.74) is 1.99. The van der Waals surface area contributed by atoms with Crippen LogP contribution < -0.4 is 0 Å². The van der Waals surface area contributed by atoms with E-state index in [4.69, 9.17) is 0 Å². The molecule has 2 nitrogen and oxygen atoms in total. The van der Waals surface area contributed by atoms with Crippen molar-refractivity contribution in [2.75, 3.05) is 14.1 Å². The first-order chi connectivity index (χ1) is 11.0. The average Bonchev–Trinajstić information content (AvgIpc) is 2.60. The van der Waals surface area contributed by atoms with E-state index < -0.39 is 6.10 Å². The fraction of sp³-hybridized carbons (Fsp3) is 0.429. The molecule has 0 aliphatic heterocycles. The van der Waals surface area contributed by atoms with Crippen LogP contribution in [0.3, 0.4) is 0 Å². The summed E-state index contributed by atoms with van der Waals surface area (Å²) < 4.78 is 0. The molecule has 0 bridgehead atoms. The smallest absolute Gasteiger partial charge is 0.0675 e. The first-order valence-electron chi connectivity index (χ1n) is 8.48. The van der Waals surface area contributed by atoms with Gasteiger partial charge in [0.2, 0.25) is 0 Å². The van der Waals surface area contributed by atoms with Crippen LogP contribution in [0.5, 0.6) is 0 Å². The van der Waals surface area contributed by atoms with Crippen molar-refractivity contribution in [2.24, 2.45) is 0 Å². The van der Waals surface area contributed by atoms with Gasteiger partial charge in [0, 0.05) is 11.5 Å². The molecule has 0 aromatic heterocycles. The molecule has 3 heteroatoms. The Morgan fingerprint density at radius 2 is 1.33 bits per heavy atom. The molecule has 132 valence electrons. The number of rotatable bonds is 7. The molecule has 0 aliphatic carbocycles. The largest absolute Gasteiger partial charge is 0.392 e. The van der Waals surface area contributed by atoms with Crippen LogP contribution >= 0.6 is 12.4 Å². The van der Waals surface area contributed by atoms with E-state index in [0.29, 0.717) is 6.04 Å². The van der Waals surface area contributed by atoms with Crippen LogP contribution in [-0.4, -0.2) is 36.2 Å². The van der Waals surface area contributed by atoms with Crippen molar-refractivity contribution < 1.29 is 5.11 Å². The van der Waals surface area contributed by atoms with Gasteiger partial charge in [-0.05, 0) is 45.0 Å². The highest BCUT2D eigenvalue weighted by atomic mass is 35.5. The summed E-state index contributed by atoms with van der Waals surface area (Å²) in [5, 5.41) is 11.1. The maximum absolute atomic E-state index is 11.1. The third kappa shape index (κ3) is 4.18. The highest BCUT2D eigenvalue weighted by Crippen LogP contribution is 2.41. The van der Waals surface area contributed by atoms with E-state index in [1.165, 1.54) is 11.1 Å². The van der Waals surface area contributed by atoms with Gasteiger partial charge in [-0.1, -0.05) is 67.6 Å². The number of hydrogen-bond acceptors (Lipinski definition) is 2. The van der Waals surface area contributed by atoms with Crippen LogP contribution in [0.25, 0.3) is 0 Å². The lowest BCUT2D eigenvalue weighted by molar-refractivity contribution is 0.0773. The highest BCUT2D eigenvalue weighted by molar-refractivity contribution is 5.85. The number of nitrogens with zero attached hydrogens (tertiary/aromatic N) is 1. The first-order valence-corrected chi connectivity index (χ1v) is 8.48. The van der Waals surface area contributed by atoms with Crippen LogP contribution in [-0.2, 0) is 5.41 Å². The second-order valence-electron chi connectivity index (χ2n) is 6.64. The van der Waals surface area contributed by atoms with Gasteiger partial charge in [-0.25, -0.2) is 0 Å². The number of hydrogen-bond donors (Lipinski definition) is 1. The summed E-state index contributed by atoms with van der Waals surface area (Å²) >= 11 is 0. The monoisotopic (exact) mass is 347 g/mol. The summed E-state index contributed by atoms with van der Waals surface area (Å²) in [5.74, 6) is 0. The third-order valence-electron chi connectivity index (χ3n) is 5.03. The molecule has 2 rings (SSSR count). The Morgan fingerprint density at radius 1 is 0.917 bits per heavy atom. The van der Waals surface area contributed by atoms with Gasteiger partial charge in [0.05, 0.1) is 6.10 Å². The number of benzene rings is 2. The average molecular weight is 348 g/mol. The fourth-order valence-corrected chi connectivity index (χ4v) is 3.39. The van der Waals surface area contributed by atoms with Gasteiger partial charge >= 0.3 is 0 Å². The number of halogens is 1. The van der Waals surface area contributed by atoms with Crippen LogP contribution in [0.15, 0.2) is 60.7 Å². The van der Waals surface area contributed by atoms with Gasteiger partial charge in [0.25, 0.3) is 0 Å². The van der Waals surface area contributed by atoms with Crippen molar-refractivity contribution in [2.45, 2.75) is 44.2 Å². The summed E-state index contributed by atoms with van der Waals surface area (Å²) in [6.45, 7) is 4.29. The Labute approximate surface area is 152 Å². The topological polar surface area (TPSA) is 23.5 Å². The maximum atomic E-state index is 11.1. The molecule has 0 amide bonds. The molecule has 0 aliphatic rings. The minimum absolute atomic E-state index is 0. The van der Waals surface area contributed by atoms with Crippen molar-refractivity contribution in [3.8, 4) is 0 Å². The first kappa shape index (κ1) is 20.7. The molecular weight excluding hydrogens is 318 g/mol. The Balaban J connectivity index is 0.00000288. The van der Waals surface area contributed by atoms with Crippen molar-refractivity contribution in [1.82, 2.24) is 4.90 Å². The van der Waals surface area contributed by atoms with E-state index in [2.05, 4.69) is 81.4 Å². The van der Waals surface area contributed by atoms with E-state index in [9.17, 15) is 5.11 Å². The zero-order valence-corrected chi connectivity index (χ0v) is 16.0. The van der Waals surface area contributed by atoms with E-state index in [-0.39, 0.29) is 17.8 Å². The molecule has 0 unspecified atom stereocenters. The van der Waals surface area contributed by atoms with Gasteiger partial charge in [0.1, 0.15) is 0 Å². The SMILES string of the molecule is CC[C@@H](O)C(C[C@@H](C)N(C)C)(c1ccccc1)c1ccccc1.Cl. The molecule has 0 radical (unpaired) electrons. The quantitative estimate of drug-likeness (QED) is 0.796. The Bertz CT molecular complexity index is 546. The van der Waals surface area contributed by atoms with Gasteiger partial charge < -0.3 is 10.0 Å². The Kier molecular flexibility index (Phi) is 7.95. The predicted molar refractivity (Wildman–Crippen MR) is 105 cm³/mol. The van der Waals surface area contributed by atoms with Crippen LogP contribution in [0.2, 0.25) is 0 Å². The molecule has 2 atom stereocenters. The molecular formula is C21H30ClNO.